The number of hydrogen-bond donors (Lipinski definition) is 3. The fraction of sp³-hybridized carbons (Fsp3) is 0.409. The molecule has 1 atom stereocenters. The Morgan fingerprint density at radius 3 is 2.67 bits per heavy atom. The number of benzene rings is 1. The number of nitrogens with one attached hydrogen (secondary N) is 2. The fourth-order valence-corrected chi connectivity index (χ4v) is 4.46. The lowest BCUT2D eigenvalue weighted by atomic mass is 10.2. The van der Waals surface area contributed by atoms with E-state index in [4.69, 9.17) is 0 Å². The van der Waals surface area contributed by atoms with Gasteiger partial charge in [0.2, 0.25) is 5.95 Å². The lowest BCUT2D eigenvalue weighted by Crippen LogP contribution is -2.50. The van der Waals surface area contributed by atoms with Crippen LogP contribution in [0.2, 0.25) is 0 Å². The van der Waals surface area contributed by atoms with Crippen LogP contribution >= 0.6 is 0 Å². The number of hydrogen-bond acceptors (Lipinski definition) is 7. The minimum Gasteiger partial charge on any atom is -0.377 e. The summed E-state index contributed by atoms with van der Waals surface area (Å²) in [5.74, 6) is 0.477. The van der Waals surface area contributed by atoms with Crippen LogP contribution < -0.4 is 21.1 Å². The number of aliphatic hydroxyl groups is 1. The van der Waals surface area contributed by atoms with E-state index in [0.717, 1.165) is 55.5 Å². The number of fused-ring (bicyclic) bond motifs is 1. The Labute approximate surface area is 174 Å². The summed E-state index contributed by atoms with van der Waals surface area (Å²) in [6, 6.07) is 11.6. The number of anilines is 3. The van der Waals surface area contributed by atoms with E-state index in [1.54, 1.807) is 18.3 Å². The Morgan fingerprint density at radius 2 is 1.90 bits per heavy atom. The summed E-state index contributed by atoms with van der Waals surface area (Å²) in [4.78, 5) is 23.8. The number of aromatic nitrogens is 3. The minimum atomic E-state index is -0.500. The number of β-amino-alcohol motifs (C(OH)–C–C–N with tert-alkyl or cyclic N) is 1. The molecule has 0 spiro atoms. The number of pyridine rings is 1. The molecule has 30 heavy (non-hydrogen) atoms. The predicted octanol–water partition coefficient (Wildman–Crippen LogP) is 2.38. The third kappa shape index (κ3) is 3.76. The first-order valence-electron chi connectivity index (χ1n) is 10.6. The second-order valence-electron chi connectivity index (χ2n) is 8.04. The van der Waals surface area contributed by atoms with Crippen LogP contribution in [0, 0.1) is 0 Å². The van der Waals surface area contributed by atoms with Gasteiger partial charge in [0.25, 0.3) is 5.56 Å². The van der Waals surface area contributed by atoms with Crippen molar-refractivity contribution < 1.29 is 5.11 Å². The Bertz CT molecular complexity index is 1090. The summed E-state index contributed by atoms with van der Waals surface area (Å²) >= 11 is 0. The molecule has 0 radical (unpaired) electrons. The van der Waals surface area contributed by atoms with Gasteiger partial charge in [-0.05, 0) is 43.2 Å². The van der Waals surface area contributed by atoms with Crippen molar-refractivity contribution in [3.63, 3.8) is 0 Å². The lowest BCUT2D eigenvalue weighted by Gasteiger charge is -2.32. The van der Waals surface area contributed by atoms with Crippen molar-refractivity contribution >= 4 is 28.4 Å². The molecule has 1 aromatic carbocycles. The zero-order valence-electron chi connectivity index (χ0n) is 16.8. The summed E-state index contributed by atoms with van der Waals surface area (Å²) in [6.45, 7) is 2.18. The maximum atomic E-state index is 12.6. The highest BCUT2D eigenvalue weighted by Gasteiger charge is 2.21. The largest absolute Gasteiger partial charge is 0.377 e. The predicted molar refractivity (Wildman–Crippen MR) is 117 cm³/mol. The molecule has 0 bridgehead atoms. The number of aliphatic hydroxyl groups excluding tert-OH is 1. The van der Waals surface area contributed by atoms with Gasteiger partial charge in [-0.2, -0.15) is 4.98 Å². The molecule has 2 fully saturated rings. The average molecular weight is 406 g/mol. The third-order valence-corrected chi connectivity index (χ3v) is 6.00. The molecule has 3 aromatic rings. The summed E-state index contributed by atoms with van der Waals surface area (Å²) in [5, 5.41) is 17.0. The van der Waals surface area contributed by atoms with Gasteiger partial charge < -0.3 is 15.3 Å². The summed E-state index contributed by atoms with van der Waals surface area (Å²) in [6.07, 6.45) is 5.62. The van der Waals surface area contributed by atoms with Gasteiger partial charge in [0, 0.05) is 48.2 Å². The SMILES string of the molecule is O=c1ccc2cnc(Nc3ccc(N4CCNC(O)C4)cc3)nc2n1C1CCCC1. The molecule has 5 rings (SSSR count). The van der Waals surface area contributed by atoms with Gasteiger partial charge in [-0.3, -0.25) is 14.7 Å². The molecule has 1 aliphatic carbocycles. The van der Waals surface area contributed by atoms with E-state index in [9.17, 15) is 9.90 Å². The molecule has 1 saturated carbocycles. The van der Waals surface area contributed by atoms with Gasteiger partial charge in [-0.25, -0.2) is 4.98 Å². The maximum absolute atomic E-state index is 12.6. The van der Waals surface area contributed by atoms with Crippen molar-refractivity contribution in [2.75, 3.05) is 29.9 Å². The van der Waals surface area contributed by atoms with Crippen molar-refractivity contribution in [1.82, 2.24) is 19.9 Å². The zero-order chi connectivity index (χ0) is 20.5. The lowest BCUT2D eigenvalue weighted by molar-refractivity contribution is 0.131. The molecule has 0 amide bonds. The van der Waals surface area contributed by atoms with Crippen LogP contribution in [0.5, 0.6) is 0 Å². The van der Waals surface area contributed by atoms with Gasteiger partial charge in [-0.1, -0.05) is 12.8 Å². The normalized spacial score (nSPS) is 20.0. The molecular formula is C22H26N6O2. The van der Waals surface area contributed by atoms with E-state index < -0.39 is 6.23 Å². The minimum absolute atomic E-state index is 0.00149. The Hall–Kier alpha value is -2.97. The highest BCUT2D eigenvalue weighted by molar-refractivity contribution is 5.76. The van der Waals surface area contributed by atoms with E-state index in [-0.39, 0.29) is 11.6 Å². The molecule has 1 saturated heterocycles. The summed E-state index contributed by atoms with van der Waals surface area (Å²) in [5.41, 5.74) is 2.63. The van der Waals surface area contributed by atoms with Crippen LogP contribution in [-0.4, -0.2) is 45.5 Å². The molecule has 156 valence electrons. The molecule has 8 heteroatoms. The Morgan fingerprint density at radius 1 is 1.10 bits per heavy atom. The second-order valence-corrected chi connectivity index (χ2v) is 8.04. The van der Waals surface area contributed by atoms with Crippen LogP contribution in [-0.2, 0) is 0 Å². The quantitative estimate of drug-likeness (QED) is 0.612. The van der Waals surface area contributed by atoms with Gasteiger partial charge in [-0.15, -0.1) is 0 Å². The van der Waals surface area contributed by atoms with Gasteiger partial charge in [0.15, 0.2) is 0 Å². The molecule has 2 aliphatic rings. The molecule has 3 N–H and O–H groups in total. The number of rotatable bonds is 4. The Balaban J connectivity index is 1.40. The van der Waals surface area contributed by atoms with E-state index in [1.807, 2.05) is 28.8 Å². The molecule has 1 aliphatic heterocycles. The first-order chi connectivity index (χ1) is 14.7. The van der Waals surface area contributed by atoms with Crippen molar-refractivity contribution in [2.24, 2.45) is 0 Å². The van der Waals surface area contributed by atoms with Crippen LogP contribution in [0.3, 0.4) is 0 Å². The third-order valence-electron chi connectivity index (χ3n) is 6.00. The van der Waals surface area contributed by atoms with Crippen molar-refractivity contribution in [2.45, 2.75) is 38.0 Å². The van der Waals surface area contributed by atoms with Crippen molar-refractivity contribution in [3.8, 4) is 0 Å². The van der Waals surface area contributed by atoms with E-state index in [0.29, 0.717) is 18.1 Å². The van der Waals surface area contributed by atoms with E-state index in [1.165, 1.54) is 0 Å². The highest BCUT2D eigenvalue weighted by Crippen LogP contribution is 2.30. The Kier molecular flexibility index (Phi) is 5.10. The smallest absolute Gasteiger partial charge is 0.252 e. The van der Waals surface area contributed by atoms with Crippen LogP contribution in [0.1, 0.15) is 31.7 Å². The zero-order valence-corrected chi connectivity index (χ0v) is 16.8. The van der Waals surface area contributed by atoms with Crippen molar-refractivity contribution in [3.05, 3.63) is 52.9 Å². The van der Waals surface area contributed by atoms with Gasteiger partial charge in [0.1, 0.15) is 11.9 Å². The fourth-order valence-electron chi connectivity index (χ4n) is 4.46. The first kappa shape index (κ1) is 19.0. The number of nitrogens with zero attached hydrogens (tertiary/aromatic N) is 4. The average Bonchev–Trinajstić information content (AvgIpc) is 3.28. The second kappa shape index (κ2) is 8.04. The molecular weight excluding hydrogens is 380 g/mol. The first-order valence-corrected chi connectivity index (χ1v) is 10.6. The van der Waals surface area contributed by atoms with Crippen LogP contribution in [0.15, 0.2) is 47.4 Å². The molecule has 8 nitrogen and oxygen atoms in total. The topological polar surface area (TPSA) is 95.3 Å². The standard InChI is InChI=1S/C22H26N6O2/c29-19-14-27(12-11-23-19)17-8-6-16(7-9-17)25-22-24-13-15-5-10-20(30)28(21(15)26-22)18-3-1-2-4-18/h5-10,13,18-19,23,29H,1-4,11-12,14H2,(H,24,25,26). The number of piperazine rings is 1. The summed E-state index contributed by atoms with van der Waals surface area (Å²) in [7, 11) is 0. The molecule has 2 aromatic heterocycles. The maximum Gasteiger partial charge on any atom is 0.252 e. The van der Waals surface area contributed by atoms with Gasteiger partial charge >= 0.3 is 0 Å². The summed E-state index contributed by atoms with van der Waals surface area (Å²) < 4.78 is 1.84. The van der Waals surface area contributed by atoms with E-state index >= 15 is 0 Å². The van der Waals surface area contributed by atoms with Crippen LogP contribution in [0.4, 0.5) is 17.3 Å². The van der Waals surface area contributed by atoms with Crippen molar-refractivity contribution in [1.29, 1.82) is 0 Å². The van der Waals surface area contributed by atoms with Gasteiger partial charge in [0.05, 0.1) is 6.54 Å². The molecule has 1 unspecified atom stereocenters. The highest BCUT2D eigenvalue weighted by atomic mass is 16.3. The monoisotopic (exact) mass is 406 g/mol. The van der Waals surface area contributed by atoms with Crippen LogP contribution in [0.25, 0.3) is 11.0 Å². The van der Waals surface area contributed by atoms with E-state index in [2.05, 4.69) is 25.5 Å². The molecule has 3 heterocycles.